The zero-order chi connectivity index (χ0) is 20.5. The molecular formula is C22H30N4O3. The molecule has 2 aromatic rings. The van der Waals surface area contributed by atoms with Gasteiger partial charge in [0.2, 0.25) is 5.88 Å². The van der Waals surface area contributed by atoms with E-state index >= 15 is 0 Å². The number of nitrogens with one attached hydrogen (secondary N) is 2. The molecule has 1 saturated carbocycles. The van der Waals surface area contributed by atoms with Gasteiger partial charge in [0.15, 0.2) is 17.5 Å². The van der Waals surface area contributed by atoms with E-state index in [2.05, 4.69) is 20.6 Å². The molecular weight excluding hydrogens is 368 g/mol. The number of rotatable bonds is 7. The van der Waals surface area contributed by atoms with Gasteiger partial charge in [0.1, 0.15) is 6.10 Å². The van der Waals surface area contributed by atoms with E-state index in [1.54, 1.807) is 21.3 Å². The number of methoxy groups -OCH3 is 2. The van der Waals surface area contributed by atoms with Crippen LogP contribution in [0.3, 0.4) is 0 Å². The van der Waals surface area contributed by atoms with Gasteiger partial charge >= 0.3 is 0 Å². The highest BCUT2D eigenvalue weighted by atomic mass is 16.5. The van der Waals surface area contributed by atoms with Crippen molar-refractivity contribution in [2.24, 2.45) is 4.99 Å². The predicted molar refractivity (Wildman–Crippen MR) is 115 cm³/mol. The van der Waals surface area contributed by atoms with Crippen LogP contribution in [0.25, 0.3) is 0 Å². The molecule has 1 fully saturated rings. The van der Waals surface area contributed by atoms with Crippen molar-refractivity contribution in [1.29, 1.82) is 0 Å². The zero-order valence-electron chi connectivity index (χ0n) is 17.4. The summed E-state index contributed by atoms with van der Waals surface area (Å²) in [5.74, 6) is 2.70. The van der Waals surface area contributed by atoms with Gasteiger partial charge in [-0.1, -0.05) is 12.5 Å². The van der Waals surface area contributed by atoms with Gasteiger partial charge in [0.25, 0.3) is 0 Å². The first kappa shape index (κ1) is 20.8. The quantitative estimate of drug-likeness (QED) is 0.542. The summed E-state index contributed by atoms with van der Waals surface area (Å²) in [6, 6.07) is 9.60. The molecule has 0 aliphatic heterocycles. The number of pyridine rings is 1. The Morgan fingerprint density at radius 2 is 1.86 bits per heavy atom. The third kappa shape index (κ3) is 6.01. The van der Waals surface area contributed by atoms with Crippen LogP contribution in [0.4, 0.5) is 5.69 Å². The van der Waals surface area contributed by atoms with E-state index in [0.717, 1.165) is 24.1 Å². The molecule has 7 nitrogen and oxygen atoms in total. The molecule has 1 aliphatic rings. The average molecular weight is 399 g/mol. The summed E-state index contributed by atoms with van der Waals surface area (Å²) in [6.07, 6.45) is 8.22. The van der Waals surface area contributed by atoms with Crippen molar-refractivity contribution in [2.45, 2.75) is 44.8 Å². The Morgan fingerprint density at radius 3 is 2.52 bits per heavy atom. The Labute approximate surface area is 172 Å². The van der Waals surface area contributed by atoms with Gasteiger partial charge in [0.05, 0.1) is 14.2 Å². The molecule has 156 valence electrons. The highest BCUT2D eigenvalue weighted by molar-refractivity contribution is 5.93. The molecule has 1 aromatic carbocycles. The molecule has 0 amide bonds. The maximum absolute atomic E-state index is 5.99. The average Bonchev–Trinajstić information content (AvgIpc) is 2.78. The van der Waals surface area contributed by atoms with Crippen molar-refractivity contribution in [3.05, 3.63) is 42.1 Å². The summed E-state index contributed by atoms with van der Waals surface area (Å²) in [4.78, 5) is 8.72. The molecule has 1 aliphatic carbocycles. The lowest BCUT2D eigenvalue weighted by atomic mass is 9.98. The van der Waals surface area contributed by atoms with Crippen LogP contribution < -0.4 is 24.8 Å². The number of aromatic nitrogens is 1. The van der Waals surface area contributed by atoms with Gasteiger partial charge in [-0.3, -0.25) is 4.99 Å². The highest BCUT2D eigenvalue weighted by Gasteiger charge is 2.15. The Kier molecular flexibility index (Phi) is 7.55. The van der Waals surface area contributed by atoms with E-state index in [-0.39, 0.29) is 0 Å². The Hall–Kier alpha value is -2.96. The van der Waals surface area contributed by atoms with Crippen molar-refractivity contribution >= 4 is 11.6 Å². The van der Waals surface area contributed by atoms with Crippen LogP contribution >= 0.6 is 0 Å². The summed E-state index contributed by atoms with van der Waals surface area (Å²) in [5, 5.41) is 6.54. The van der Waals surface area contributed by atoms with Crippen LogP contribution in [0.15, 0.2) is 41.5 Å². The van der Waals surface area contributed by atoms with Crippen molar-refractivity contribution < 1.29 is 14.2 Å². The summed E-state index contributed by atoms with van der Waals surface area (Å²) in [5.41, 5.74) is 1.90. The SMILES string of the molecule is CN=C(NCc1ccc(OC2CCCCC2)nc1)Nc1ccc(OC)c(OC)c1. The van der Waals surface area contributed by atoms with Crippen LogP contribution in [0, 0.1) is 0 Å². The Balaban J connectivity index is 1.52. The zero-order valence-corrected chi connectivity index (χ0v) is 17.4. The molecule has 0 unspecified atom stereocenters. The largest absolute Gasteiger partial charge is 0.493 e. The van der Waals surface area contributed by atoms with E-state index in [1.807, 2.05) is 36.5 Å². The van der Waals surface area contributed by atoms with E-state index in [1.165, 1.54) is 19.3 Å². The van der Waals surface area contributed by atoms with Crippen molar-refractivity contribution in [1.82, 2.24) is 10.3 Å². The van der Waals surface area contributed by atoms with Crippen LogP contribution in [0.1, 0.15) is 37.7 Å². The molecule has 7 heteroatoms. The van der Waals surface area contributed by atoms with E-state index in [0.29, 0.717) is 36.0 Å². The Bertz CT molecular complexity index is 802. The fraction of sp³-hybridized carbons (Fsp3) is 0.455. The topological polar surface area (TPSA) is 77.0 Å². The fourth-order valence-corrected chi connectivity index (χ4v) is 3.35. The minimum Gasteiger partial charge on any atom is -0.493 e. The third-order valence-electron chi connectivity index (χ3n) is 4.97. The van der Waals surface area contributed by atoms with Crippen molar-refractivity contribution in [3.63, 3.8) is 0 Å². The van der Waals surface area contributed by atoms with E-state index in [9.17, 15) is 0 Å². The fourth-order valence-electron chi connectivity index (χ4n) is 3.35. The second-order valence-corrected chi connectivity index (χ2v) is 7.00. The number of benzene rings is 1. The molecule has 0 bridgehead atoms. The number of anilines is 1. The summed E-state index contributed by atoms with van der Waals surface area (Å²) >= 11 is 0. The first-order chi connectivity index (χ1) is 14.2. The standard InChI is InChI=1S/C22H30N4O3/c1-23-22(26-17-10-11-19(27-2)20(13-17)28-3)25-15-16-9-12-21(24-14-16)29-18-7-5-4-6-8-18/h9-14,18H,4-8,15H2,1-3H3,(H2,23,25,26). The number of ether oxygens (including phenoxy) is 3. The van der Waals surface area contributed by atoms with Crippen LogP contribution in [0.2, 0.25) is 0 Å². The number of hydrogen-bond acceptors (Lipinski definition) is 5. The van der Waals surface area contributed by atoms with E-state index in [4.69, 9.17) is 14.2 Å². The van der Waals surface area contributed by atoms with Gasteiger partial charge in [0, 0.05) is 37.6 Å². The maximum Gasteiger partial charge on any atom is 0.213 e. The second-order valence-electron chi connectivity index (χ2n) is 7.00. The molecule has 0 radical (unpaired) electrons. The Morgan fingerprint density at radius 1 is 1.07 bits per heavy atom. The third-order valence-corrected chi connectivity index (χ3v) is 4.97. The molecule has 3 rings (SSSR count). The van der Waals surface area contributed by atoms with Gasteiger partial charge in [-0.05, 0) is 43.4 Å². The van der Waals surface area contributed by atoms with Crippen LogP contribution in [0.5, 0.6) is 17.4 Å². The highest BCUT2D eigenvalue weighted by Crippen LogP contribution is 2.29. The minimum atomic E-state index is 0.310. The number of hydrogen-bond donors (Lipinski definition) is 2. The van der Waals surface area contributed by atoms with E-state index < -0.39 is 0 Å². The van der Waals surface area contributed by atoms with Gasteiger partial charge < -0.3 is 24.8 Å². The van der Waals surface area contributed by atoms with Crippen molar-refractivity contribution in [2.75, 3.05) is 26.6 Å². The van der Waals surface area contributed by atoms with Crippen LogP contribution in [-0.2, 0) is 6.54 Å². The monoisotopic (exact) mass is 398 g/mol. The summed E-state index contributed by atoms with van der Waals surface area (Å²) in [6.45, 7) is 0.601. The lowest BCUT2D eigenvalue weighted by Gasteiger charge is -2.22. The lowest BCUT2D eigenvalue weighted by molar-refractivity contribution is 0.148. The minimum absolute atomic E-state index is 0.310. The normalized spacial score (nSPS) is 14.9. The maximum atomic E-state index is 5.99. The second kappa shape index (κ2) is 10.5. The summed E-state index contributed by atoms with van der Waals surface area (Å²) in [7, 11) is 4.96. The lowest BCUT2D eigenvalue weighted by Crippen LogP contribution is -2.30. The van der Waals surface area contributed by atoms with Crippen molar-refractivity contribution in [3.8, 4) is 17.4 Å². The predicted octanol–water partition coefficient (Wildman–Crippen LogP) is 4.00. The first-order valence-electron chi connectivity index (χ1n) is 10.0. The number of guanidine groups is 1. The number of nitrogens with zero attached hydrogens (tertiary/aromatic N) is 2. The molecule has 1 aromatic heterocycles. The molecule has 1 heterocycles. The van der Waals surface area contributed by atoms with Crippen LogP contribution in [-0.4, -0.2) is 38.3 Å². The molecule has 2 N–H and O–H groups in total. The van der Waals surface area contributed by atoms with Gasteiger partial charge in [-0.15, -0.1) is 0 Å². The molecule has 29 heavy (non-hydrogen) atoms. The first-order valence-corrected chi connectivity index (χ1v) is 10.0. The number of aliphatic imine (C=N–C) groups is 1. The molecule has 0 atom stereocenters. The molecule has 0 spiro atoms. The van der Waals surface area contributed by atoms with Gasteiger partial charge in [-0.25, -0.2) is 4.98 Å². The summed E-state index contributed by atoms with van der Waals surface area (Å²) < 4.78 is 16.6. The van der Waals surface area contributed by atoms with Gasteiger partial charge in [-0.2, -0.15) is 0 Å². The molecule has 0 saturated heterocycles. The smallest absolute Gasteiger partial charge is 0.213 e.